The highest BCUT2D eigenvalue weighted by Gasteiger charge is 2.37. The molecule has 7 heteroatoms. The third kappa shape index (κ3) is 3.73. The largest absolute Gasteiger partial charge is 0.400 e. The fourth-order valence-corrected chi connectivity index (χ4v) is 1.62. The first-order valence-electron chi connectivity index (χ1n) is 4.58. The lowest BCUT2D eigenvalue weighted by Crippen LogP contribution is -2.22. The van der Waals surface area contributed by atoms with Gasteiger partial charge in [0.15, 0.2) is 0 Å². The number of hydrogen-bond donors (Lipinski definition) is 1. The van der Waals surface area contributed by atoms with Gasteiger partial charge in [0.2, 0.25) is 5.16 Å². The summed E-state index contributed by atoms with van der Waals surface area (Å²) in [7, 11) is 0. The average molecular weight is 239 g/mol. The minimum atomic E-state index is -4.21. The van der Waals surface area contributed by atoms with Crippen molar-refractivity contribution in [1.82, 2.24) is 15.2 Å². The lowest BCUT2D eigenvalue weighted by molar-refractivity contribution is -0.125. The summed E-state index contributed by atoms with van der Waals surface area (Å²) in [5.41, 5.74) is 0. The van der Waals surface area contributed by atoms with Crippen LogP contribution in [0.4, 0.5) is 13.2 Å². The molecule has 86 valence electrons. The molecular weight excluding hydrogens is 227 g/mol. The molecular formula is C8H12F3N3S. The van der Waals surface area contributed by atoms with Gasteiger partial charge in [0, 0.05) is 6.42 Å². The van der Waals surface area contributed by atoms with Gasteiger partial charge in [-0.05, 0) is 13.3 Å². The zero-order valence-corrected chi connectivity index (χ0v) is 9.24. The van der Waals surface area contributed by atoms with Crippen molar-refractivity contribution in [2.75, 3.05) is 0 Å². The molecule has 0 saturated carbocycles. The number of alkyl halides is 3. The van der Waals surface area contributed by atoms with E-state index in [2.05, 4.69) is 15.2 Å². The van der Waals surface area contributed by atoms with E-state index < -0.39 is 11.4 Å². The number of thioether (sulfide) groups is 1. The quantitative estimate of drug-likeness (QED) is 0.821. The summed E-state index contributed by atoms with van der Waals surface area (Å²) >= 11 is 0.619. The van der Waals surface area contributed by atoms with Gasteiger partial charge in [0.1, 0.15) is 11.1 Å². The highest BCUT2D eigenvalue weighted by molar-refractivity contribution is 7.99. The van der Waals surface area contributed by atoms with Gasteiger partial charge in [-0.2, -0.15) is 13.2 Å². The van der Waals surface area contributed by atoms with E-state index in [0.29, 0.717) is 24.0 Å². The molecule has 1 aromatic heterocycles. The summed E-state index contributed by atoms with van der Waals surface area (Å²) in [5.74, 6) is 0.634. The van der Waals surface area contributed by atoms with Gasteiger partial charge in [-0.3, -0.25) is 5.10 Å². The summed E-state index contributed by atoms with van der Waals surface area (Å²) in [5, 5.41) is 5.00. The van der Waals surface area contributed by atoms with Crippen molar-refractivity contribution in [1.29, 1.82) is 0 Å². The molecule has 1 N–H and O–H groups in total. The first-order valence-corrected chi connectivity index (χ1v) is 5.46. The van der Waals surface area contributed by atoms with E-state index in [4.69, 9.17) is 0 Å². The number of rotatable bonds is 4. The minimum Gasteiger partial charge on any atom is -0.262 e. The molecule has 1 aromatic rings. The van der Waals surface area contributed by atoms with Crippen molar-refractivity contribution in [3.05, 3.63) is 5.82 Å². The fraction of sp³-hybridized carbons (Fsp3) is 0.750. The van der Waals surface area contributed by atoms with Crippen molar-refractivity contribution in [3.63, 3.8) is 0 Å². The molecule has 0 aliphatic rings. The average Bonchev–Trinajstić information content (AvgIpc) is 2.51. The highest BCUT2D eigenvalue weighted by atomic mass is 32.2. The fourth-order valence-electron chi connectivity index (χ4n) is 0.904. The maximum absolute atomic E-state index is 12.2. The van der Waals surface area contributed by atoms with Gasteiger partial charge in [0.25, 0.3) is 0 Å². The van der Waals surface area contributed by atoms with Gasteiger partial charge >= 0.3 is 6.18 Å². The van der Waals surface area contributed by atoms with Crippen molar-refractivity contribution >= 4 is 11.8 Å². The summed E-state index contributed by atoms with van der Waals surface area (Å²) in [6, 6.07) is 0. The Morgan fingerprint density at radius 3 is 2.67 bits per heavy atom. The lowest BCUT2D eigenvalue weighted by atomic mass is 10.3. The molecule has 15 heavy (non-hydrogen) atoms. The number of aromatic nitrogens is 3. The normalized spacial score (nSPS) is 14.2. The van der Waals surface area contributed by atoms with Crippen LogP contribution in [0.1, 0.15) is 26.1 Å². The third-order valence-electron chi connectivity index (χ3n) is 1.74. The summed E-state index contributed by atoms with van der Waals surface area (Å²) < 4.78 is 36.6. The van der Waals surface area contributed by atoms with E-state index in [1.54, 1.807) is 0 Å². The van der Waals surface area contributed by atoms with Crippen molar-refractivity contribution in [2.45, 2.75) is 43.3 Å². The molecule has 0 aromatic carbocycles. The Hall–Kier alpha value is -0.720. The second kappa shape index (κ2) is 4.87. The van der Waals surface area contributed by atoms with Gasteiger partial charge in [-0.15, -0.1) is 5.10 Å². The molecule has 0 fully saturated rings. The third-order valence-corrected chi connectivity index (χ3v) is 2.76. The standard InChI is InChI=1S/C8H12F3N3S/c1-3-4-6-12-7(14-13-6)15-5(2)8(9,10)11/h5H,3-4H2,1-2H3,(H,12,13,14)/t5-/m0/s1. The van der Waals surface area contributed by atoms with Crippen LogP contribution in [-0.2, 0) is 6.42 Å². The molecule has 0 unspecified atom stereocenters. The molecule has 0 spiro atoms. The number of halogens is 3. The van der Waals surface area contributed by atoms with Crippen LogP contribution in [0.2, 0.25) is 0 Å². The molecule has 1 rings (SSSR count). The van der Waals surface area contributed by atoms with E-state index in [1.165, 1.54) is 0 Å². The molecule has 0 amide bonds. The number of nitrogens with one attached hydrogen (secondary N) is 1. The molecule has 0 bridgehead atoms. The Balaban J connectivity index is 2.57. The minimum absolute atomic E-state index is 0.156. The van der Waals surface area contributed by atoms with Crippen LogP contribution in [0.3, 0.4) is 0 Å². The van der Waals surface area contributed by atoms with Gasteiger partial charge in [-0.1, -0.05) is 18.7 Å². The smallest absolute Gasteiger partial charge is 0.262 e. The first kappa shape index (κ1) is 12.4. The van der Waals surface area contributed by atoms with Crippen LogP contribution in [0.25, 0.3) is 0 Å². The van der Waals surface area contributed by atoms with E-state index in [0.717, 1.165) is 13.3 Å². The number of nitrogens with zero attached hydrogens (tertiary/aromatic N) is 2. The Morgan fingerprint density at radius 2 is 2.13 bits per heavy atom. The number of aromatic amines is 1. The predicted octanol–water partition coefficient (Wildman–Crippen LogP) is 2.80. The van der Waals surface area contributed by atoms with Crippen LogP contribution < -0.4 is 0 Å². The van der Waals surface area contributed by atoms with E-state index >= 15 is 0 Å². The van der Waals surface area contributed by atoms with Crippen LogP contribution in [-0.4, -0.2) is 26.6 Å². The molecule has 0 aliphatic heterocycles. The Morgan fingerprint density at radius 1 is 1.47 bits per heavy atom. The zero-order valence-electron chi connectivity index (χ0n) is 8.43. The van der Waals surface area contributed by atoms with Crippen molar-refractivity contribution in [2.24, 2.45) is 0 Å². The van der Waals surface area contributed by atoms with E-state index in [1.807, 2.05) is 6.92 Å². The molecule has 1 heterocycles. The molecule has 0 saturated heterocycles. The summed E-state index contributed by atoms with van der Waals surface area (Å²) in [6.45, 7) is 3.06. The summed E-state index contributed by atoms with van der Waals surface area (Å²) in [4.78, 5) is 3.95. The SMILES string of the molecule is CCCc1nc(S[C@@H](C)C(F)(F)F)n[nH]1. The topological polar surface area (TPSA) is 41.6 Å². The van der Waals surface area contributed by atoms with Crippen molar-refractivity contribution < 1.29 is 13.2 Å². The second-order valence-electron chi connectivity index (χ2n) is 3.12. The van der Waals surface area contributed by atoms with E-state index in [-0.39, 0.29) is 5.16 Å². The van der Waals surface area contributed by atoms with Gasteiger partial charge in [-0.25, -0.2) is 4.98 Å². The van der Waals surface area contributed by atoms with Crippen molar-refractivity contribution in [3.8, 4) is 0 Å². The van der Waals surface area contributed by atoms with Crippen LogP contribution in [0, 0.1) is 0 Å². The van der Waals surface area contributed by atoms with Crippen LogP contribution in [0.15, 0.2) is 5.16 Å². The van der Waals surface area contributed by atoms with Gasteiger partial charge in [0.05, 0.1) is 0 Å². The predicted molar refractivity (Wildman–Crippen MR) is 51.8 cm³/mol. The second-order valence-corrected chi connectivity index (χ2v) is 4.42. The summed E-state index contributed by atoms with van der Waals surface area (Å²) in [6.07, 6.45) is -2.63. The highest BCUT2D eigenvalue weighted by Crippen LogP contribution is 2.32. The molecule has 0 radical (unpaired) electrons. The molecule has 3 nitrogen and oxygen atoms in total. The maximum Gasteiger partial charge on any atom is 0.400 e. The Labute approximate surface area is 89.9 Å². The maximum atomic E-state index is 12.2. The van der Waals surface area contributed by atoms with Gasteiger partial charge < -0.3 is 0 Å². The molecule has 1 atom stereocenters. The zero-order chi connectivity index (χ0) is 11.5. The number of hydrogen-bond acceptors (Lipinski definition) is 3. The Bertz CT molecular complexity index is 310. The lowest BCUT2D eigenvalue weighted by Gasteiger charge is -2.12. The van der Waals surface area contributed by atoms with Crippen LogP contribution in [0.5, 0.6) is 0 Å². The van der Waals surface area contributed by atoms with Crippen LogP contribution >= 0.6 is 11.8 Å². The van der Waals surface area contributed by atoms with E-state index in [9.17, 15) is 13.2 Å². The number of aryl methyl sites for hydroxylation is 1. The molecule has 0 aliphatic carbocycles. The monoisotopic (exact) mass is 239 g/mol. The number of H-pyrrole nitrogens is 1. The first-order chi connectivity index (χ1) is 6.93. The Kier molecular flexibility index (Phi) is 4.01.